The summed E-state index contributed by atoms with van der Waals surface area (Å²) in [4.78, 5) is 15.3. The number of carbonyl (C=O) groups excluding carboxylic acids is 1. The van der Waals surface area contributed by atoms with E-state index in [4.69, 9.17) is 23.2 Å². The van der Waals surface area contributed by atoms with Crippen molar-refractivity contribution in [1.82, 2.24) is 4.98 Å². The zero-order chi connectivity index (χ0) is 26.7. The molecule has 0 fully saturated rings. The average Bonchev–Trinajstić information content (AvgIpc) is 2.78. The molecule has 192 valence electrons. The maximum absolute atomic E-state index is 14.9. The number of nitrogens with zero attached hydrogens (tertiary/aromatic N) is 1. The summed E-state index contributed by atoms with van der Waals surface area (Å²) in [6.07, 6.45) is 1.02. The number of hydrogen-bond donors (Lipinski definition) is 1. The van der Waals surface area contributed by atoms with E-state index in [9.17, 15) is 30.4 Å². The molecule has 3 rings (SSSR count). The van der Waals surface area contributed by atoms with E-state index in [1.807, 2.05) is 4.72 Å². The molecule has 0 bridgehead atoms. The number of benzene rings is 2. The number of carbonyl (C=O) groups is 1. The zero-order valence-electron chi connectivity index (χ0n) is 18.4. The van der Waals surface area contributed by atoms with Gasteiger partial charge in [-0.3, -0.25) is 9.52 Å². The van der Waals surface area contributed by atoms with Gasteiger partial charge in [-0.2, -0.15) is 0 Å². The molecular weight excluding hydrogens is 561 g/mol. The second kappa shape index (κ2) is 11.1. The van der Waals surface area contributed by atoms with Gasteiger partial charge in [-0.25, -0.2) is 30.6 Å². The molecule has 1 aromatic heterocycles. The van der Waals surface area contributed by atoms with E-state index in [0.29, 0.717) is 6.07 Å². The quantitative estimate of drug-likeness (QED) is 0.370. The maximum Gasteiger partial charge on any atom is 0.323 e. The smallest absolute Gasteiger partial charge is 0.323 e. The van der Waals surface area contributed by atoms with Crippen LogP contribution in [0.3, 0.4) is 0 Å². The van der Waals surface area contributed by atoms with Crippen LogP contribution in [0.1, 0.15) is 23.3 Å². The largest absolute Gasteiger partial charge is 0.465 e. The van der Waals surface area contributed by atoms with Gasteiger partial charge in [0.2, 0.25) is 10.0 Å². The Balaban J connectivity index is 2.25. The molecule has 0 aliphatic heterocycles. The monoisotopic (exact) mass is 578 g/mol. The van der Waals surface area contributed by atoms with Crippen LogP contribution in [0.5, 0.6) is 0 Å². The molecule has 36 heavy (non-hydrogen) atoms. The first kappa shape index (κ1) is 27.8. The highest BCUT2D eigenvalue weighted by molar-refractivity contribution is 7.93. The van der Waals surface area contributed by atoms with Gasteiger partial charge in [0.15, 0.2) is 15.6 Å². The fourth-order valence-corrected chi connectivity index (χ4v) is 6.30. The Labute approximate surface area is 216 Å². The van der Waals surface area contributed by atoms with Crippen molar-refractivity contribution < 1.29 is 35.1 Å². The third-order valence-electron chi connectivity index (χ3n) is 4.72. The molecule has 0 saturated heterocycles. The van der Waals surface area contributed by atoms with Crippen molar-refractivity contribution in [1.29, 1.82) is 0 Å². The topological polar surface area (TPSA) is 120 Å². The molecule has 1 N–H and O–H groups in total. The number of hydrogen-bond acceptors (Lipinski definition) is 7. The SMILES string of the molecule is CCOC(=O)CS(=O)(=O)Nc1ncc(Cl)cc1C(c1cc(F)ccc1F)S(=O)(=O)c1ccc(Cl)cc1. The molecule has 0 saturated carbocycles. The molecule has 3 aromatic rings. The lowest BCUT2D eigenvalue weighted by atomic mass is 10.0. The number of anilines is 1. The molecule has 14 heteroatoms. The number of sulfonamides is 1. The third-order valence-corrected chi connectivity index (χ3v) is 8.36. The second-order valence-electron chi connectivity index (χ2n) is 7.30. The minimum absolute atomic E-state index is 0.0704. The standard InChI is InChI=1S/C22H18Cl2F2N2O6S2/c1-2-34-20(29)12-35(30,31)28-22-18(9-14(24)11-27-22)21(17-10-15(25)5-8-19(17)26)36(32,33)16-6-3-13(23)4-7-16/h3-11,21H,2,12H2,1H3,(H,27,28). The molecule has 0 aliphatic carbocycles. The van der Waals surface area contributed by atoms with Crippen LogP contribution in [0.15, 0.2) is 59.6 Å². The van der Waals surface area contributed by atoms with Crippen LogP contribution in [0.2, 0.25) is 10.0 Å². The van der Waals surface area contributed by atoms with Crippen molar-refractivity contribution in [3.63, 3.8) is 0 Å². The molecule has 0 radical (unpaired) electrons. The lowest BCUT2D eigenvalue weighted by Crippen LogP contribution is -2.26. The van der Waals surface area contributed by atoms with E-state index in [1.165, 1.54) is 19.1 Å². The fraction of sp³-hybridized carbons (Fsp3) is 0.182. The Bertz CT molecular complexity index is 1500. The minimum Gasteiger partial charge on any atom is -0.465 e. The maximum atomic E-state index is 14.9. The zero-order valence-corrected chi connectivity index (χ0v) is 21.6. The van der Waals surface area contributed by atoms with Gasteiger partial charge < -0.3 is 4.74 Å². The van der Waals surface area contributed by atoms with Gasteiger partial charge in [0.05, 0.1) is 16.5 Å². The van der Waals surface area contributed by atoms with Crippen molar-refractivity contribution in [2.75, 3.05) is 17.1 Å². The first-order chi connectivity index (χ1) is 16.8. The van der Waals surface area contributed by atoms with Gasteiger partial charge in [0, 0.05) is 22.3 Å². The third kappa shape index (κ3) is 6.49. The highest BCUT2D eigenvalue weighted by Gasteiger charge is 2.36. The lowest BCUT2D eigenvalue weighted by molar-refractivity contribution is -0.139. The van der Waals surface area contributed by atoms with E-state index >= 15 is 0 Å². The van der Waals surface area contributed by atoms with Crippen LogP contribution >= 0.6 is 23.2 Å². The number of pyridine rings is 1. The number of aromatic nitrogens is 1. The van der Waals surface area contributed by atoms with Crippen molar-refractivity contribution in [2.24, 2.45) is 0 Å². The van der Waals surface area contributed by atoms with Crippen LogP contribution in [0.25, 0.3) is 0 Å². The summed E-state index contributed by atoms with van der Waals surface area (Å²) in [5, 5.41) is -1.90. The molecule has 1 unspecified atom stereocenters. The summed E-state index contributed by atoms with van der Waals surface area (Å²) in [5.74, 6) is -4.76. The fourth-order valence-electron chi connectivity index (χ4n) is 3.26. The Morgan fingerprint density at radius 1 is 1.00 bits per heavy atom. The number of ether oxygens (including phenoxy) is 1. The van der Waals surface area contributed by atoms with Crippen LogP contribution < -0.4 is 4.72 Å². The highest BCUT2D eigenvalue weighted by atomic mass is 35.5. The van der Waals surface area contributed by atoms with E-state index in [0.717, 1.165) is 36.5 Å². The number of sulfone groups is 1. The van der Waals surface area contributed by atoms with E-state index in [-0.39, 0.29) is 21.5 Å². The van der Waals surface area contributed by atoms with Gasteiger partial charge in [-0.15, -0.1) is 0 Å². The van der Waals surface area contributed by atoms with Gasteiger partial charge in [0.1, 0.15) is 22.7 Å². The van der Waals surface area contributed by atoms with Gasteiger partial charge in [-0.1, -0.05) is 23.2 Å². The van der Waals surface area contributed by atoms with E-state index in [2.05, 4.69) is 9.72 Å². The van der Waals surface area contributed by atoms with Crippen molar-refractivity contribution in [3.05, 3.63) is 87.5 Å². The van der Waals surface area contributed by atoms with Crippen molar-refractivity contribution in [3.8, 4) is 0 Å². The number of rotatable bonds is 9. The first-order valence-corrected chi connectivity index (χ1v) is 14.1. The van der Waals surface area contributed by atoms with Crippen LogP contribution in [0, 0.1) is 11.6 Å². The molecule has 0 aliphatic rings. The lowest BCUT2D eigenvalue weighted by Gasteiger charge is -2.22. The first-order valence-electron chi connectivity index (χ1n) is 10.1. The summed E-state index contributed by atoms with van der Waals surface area (Å²) < 4.78 is 88.4. The summed E-state index contributed by atoms with van der Waals surface area (Å²) in [7, 11) is -9.03. The van der Waals surface area contributed by atoms with Crippen molar-refractivity contribution >= 4 is 54.8 Å². The van der Waals surface area contributed by atoms with E-state index < -0.39 is 65.4 Å². The Kier molecular flexibility index (Phi) is 8.55. The van der Waals surface area contributed by atoms with Crippen molar-refractivity contribution in [2.45, 2.75) is 17.1 Å². The minimum atomic E-state index is -4.58. The molecule has 8 nitrogen and oxygen atoms in total. The summed E-state index contributed by atoms with van der Waals surface area (Å²) in [5.41, 5.74) is -1.03. The molecule has 1 heterocycles. The van der Waals surface area contributed by atoms with Crippen LogP contribution in [-0.4, -0.2) is 40.1 Å². The van der Waals surface area contributed by atoms with E-state index in [1.54, 1.807) is 0 Å². The molecule has 0 amide bonds. The van der Waals surface area contributed by atoms with Crippen LogP contribution in [-0.2, 0) is 29.4 Å². The molecule has 0 spiro atoms. The number of halogens is 4. The van der Waals surface area contributed by atoms with Gasteiger partial charge >= 0.3 is 5.97 Å². The summed E-state index contributed by atoms with van der Waals surface area (Å²) >= 11 is 11.9. The summed E-state index contributed by atoms with van der Waals surface area (Å²) in [6.45, 7) is 1.41. The predicted octanol–water partition coefficient (Wildman–Crippen LogP) is 4.53. The van der Waals surface area contributed by atoms with Gasteiger partial charge in [0.25, 0.3) is 0 Å². The summed E-state index contributed by atoms with van der Waals surface area (Å²) in [6, 6.07) is 8.14. The number of nitrogens with one attached hydrogen (secondary N) is 1. The molecule has 2 aromatic carbocycles. The average molecular weight is 579 g/mol. The molecule has 1 atom stereocenters. The Morgan fingerprint density at radius 3 is 2.31 bits per heavy atom. The predicted molar refractivity (Wildman–Crippen MR) is 130 cm³/mol. The van der Waals surface area contributed by atoms with Gasteiger partial charge in [-0.05, 0) is 55.5 Å². The highest BCUT2D eigenvalue weighted by Crippen LogP contribution is 2.40. The molecular formula is C22H18Cl2F2N2O6S2. The van der Waals surface area contributed by atoms with Crippen LogP contribution in [0.4, 0.5) is 14.6 Å². The normalized spacial score (nSPS) is 12.7. The second-order valence-corrected chi connectivity index (χ2v) is 11.9. The Morgan fingerprint density at radius 2 is 1.67 bits per heavy atom. The Hall–Kier alpha value is -2.80. The number of esters is 1.